The van der Waals surface area contributed by atoms with E-state index in [-0.39, 0.29) is 0 Å². The second kappa shape index (κ2) is 7.16. The lowest BCUT2D eigenvalue weighted by atomic mass is 9.93. The van der Waals surface area contributed by atoms with Crippen molar-refractivity contribution in [2.24, 2.45) is 0 Å². The molecule has 4 aromatic rings. The molecular weight excluding hydrogens is 352 g/mol. The molecule has 1 aromatic carbocycles. The molecule has 1 saturated carbocycles. The largest absolute Gasteiger partial charge is 0.381 e. The molecule has 0 radical (unpaired) electrons. The standard InChI is InChI=1S/C21H22N6O/c1-28-16-5-3-15(4-6-16)25-21-24-13-20-17(8-11-27(20)26-21)14-2-7-18-19(12-14)23-10-9-22-18/h2,7-13,15-16H,3-6H2,1H3,(H,25,26)/t15-,16-. The lowest BCUT2D eigenvalue weighted by Gasteiger charge is -2.28. The molecule has 1 fully saturated rings. The summed E-state index contributed by atoms with van der Waals surface area (Å²) in [6.45, 7) is 0. The van der Waals surface area contributed by atoms with E-state index in [1.54, 1.807) is 19.5 Å². The average molecular weight is 374 g/mol. The molecule has 1 aliphatic rings. The van der Waals surface area contributed by atoms with E-state index in [0.29, 0.717) is 18.1 Å². The number of aromatic nitrogens is 5. The molecule has 28 heavy (non-hydrogen) atoms. The predicted octanol–water partition coefficient (Wildman–Crippen LogP) is 3.71. The van der Waals surface area contributed by atoms with Gasteiger partial charge in [-0.3, -0.25) is 9.97 Å². The van der Waals surface area contributed by atoms with Gasteiger partial charge >= 0.3 is 0 Å². The van der Waals surface area contributed by atoms with Crippen LogP contribution in [0, 0.1) is 0 Å². The number of nitrogens with one attached hydrogen (secondary N) is 1. The zero-order valence-corrected chi connectivity index (χ0v) is 15.7. The molecule has 3 aromatic heterocycles. The Morgan fingerprint density at radius 3 is 2.64 bits per heavy atom. The van der Waals surface area contributed by atoms with E-state index in [0.717, 1.165) is 53.4 Å². The molecule has 0 amide bonds. The SMILES string of the molecule is CO[C@H]1CC[C@H](Nc2ncc3c(-c4ccc5nccnc5c4)ccn3n2)CC1. The highest BCUT2D eigenvalue weighted by molar-refractivity contribution is 5.86. The molecule has 0 saturated heterocycles. The van der Waals surface area contributed by atoms with Crippen LogP contribution in [0.5, 0.6) is 0 Å². The number of fused-ring (bicyclic) bond motifs is 2. The van der Waals surface area contributed by atoms with Gasteiger partial charge in [-0.15, -0.1) is 5.10 Å². The highest BCUT2D eigenvalue weighted by Gasteiger charge is 2.21. The Hall–Kier alpha value is -3.06. The second-order valence-electron chi connectivity index (χ2n) is 7.25. The minimum Gasteiger partial charge on any atom is -0.381 e. The Balaban J connectivity index is 1.40. The molecule has 0 aliphatic heterocycles. The van der Waals surface area contributed by atoms with E-state index >= 15 is 0 Å². The molecule has 3 heterocycles. The monoisotopic (exact) mass is 374 g/mol. The molecule has 0 atom stereocenters. The van der Waals surface area contributed by atoms with Crippen molar-refractivity contribution >= 4 is 22.5 Å². The average Bonchev–Trinajstić information content (AvgIpc) is 3.17. The quantitative estimate of drug-likeness (QED) is 0.587. The van der Waals surface area contributed by atoms with Crippen molar-refractivity contribution in [3.63, 3.8) is 0 Å². The van der Waals surface area contributed by atoms with Crippen LogP contribution in [0.4, 0.5) is 5.95 Å². The Labute approximate surface area is 162 Å². The summed E-state index contributed by atoms with van der Waals surface area (Å²) in [4.78, 5) is 13.3. The Morgan fingerprint density at radius 1 is 1.00 bits per heavy atom. The Bertz CT molecular complexity index is 1120. The van der Waals surface area contributed by atoms with Crippen molar-refractivity contribution in [3.05, 3.63) is 49.1 Å². The van der Waals surface area contributed by atoms with Crippen LogP contribution >= 0.6 is 0 Å². The molecule has 1 aliphatic carbocycles. The van der Waals surface area contributed by atoms with Gasteiger partial charge in [0.05, 0.1) is 28.9 Å². The molecule has 0 spiro atoms. The van der Waals surface area contributed by atoms with Crippen LogP contribution in [-0.2, 0) is 4.74 Å². The first kappa shape index (κ1) is 17.1. The van der Waals surface area contributed by atoms with E-state index < -0.39 is 0 Å². The van der Waals surface area contributed by atoms with Crippen molar-refractivity contribution in [2.75, 3.05) is 12.4 Å². The van der Waals surface area contributed by atoms with Crippen LogP contribution < -0.4 is 5.32 Å². The third-order valence-electron chi connectivity index (χ3n) is 5.54. The Morgan fingerprint density at radius 2 is 1.82 bits per heavy atom. The first-order valence-corrected chi connectivity index (χ1v) is 9.65. The van der Waals surface area contributed by atoms with E-state index in [1.807, 2.05) is 23.0 Å². The maximum atomic E-state index is 5.45. The normalized spacial score (nSPS) is 19.9. The molecule has 142 valence electrons. The first-order valence-electron chi connectivity index (χ1n) is 9.65. The lowest BCUT2D eigenvalue weighted by Crippen LogP contribution is -2.30. The summed E-state index contributed by atoms with van der Waals surface area (Å²) < 4.78 is 7.33. The molecule has 5 rings (SSSR count). The summed E-state index contributed by atoms with van der Waals surface area (Å²) in [6.07, 6.45) is 12.0. The van der Waals surface area contributed by atoms with E-state index in [2.05, 4.69) is 43.6 Å². The third-order valence-corrected chi connectivity index (χ3v) is 5.54. The van der Waals surface area contributed by atoms with E-state index in [9.17, 15) is 0 Å². The molecule has 0 bridgehead atoms. The summed E-state index contributed by atoms with van der Waals surface area (Å²) in [5, 5.41) is 8.13. The maximum absolute atomic E-state index is 5.45. The van der Waals surface area contributed by atoms with Gasteiger partial charge < -0.3 is 10.1 Å². The summed E-state index contributed by atoms with van der Waals surface area (Å²) >= 11 is 0. The molecule has 0 unspecified atom stereocenters. The number of nitrogens with zero attached hydrogens (tertiary/aromatic N) is 5. The summed E-state index contributed by atoms with van der Waals surface area (Å²) in [7, 11) is 1.79. The maximum Gasteiger partial charge on any atom is 0.241 e. The first-order chi connectivity index (χ1) is 13.8. The van der Waals surface area contributed by atoms with Gasteiger partial charge in [0.15, 0.2) is 0 Å². The van der Waals surface area contributed by atoms with E-state index in [4.69, 9.17) is 4.74 Å². The zero-order valence-electron chi connectivity index (χ0n) is 15.7. The van der Waals surface area contributed by atoms with Gasteiger partial charge in [0.1, 0.15) is 0 Å². The summed E-state index contributed by atoms with van der Waals surface area (Å²) in [5.74, 6) is 0.667. The molecule has 7 heteroatoms. The van der Waals surface area contributed by atoms with E-state index in [1.165, 1.54) is 0 Å². The number of hydrogen-bond donors (Lipinski definition) is 1. The minimum atomic E-state index is 0.389. The van der Waals surface area contributed by atoms with Crippen LogP contribution in [0.2, 0.25) is 0 Å². The fraction of sp³-hybridized carbons (Fsp3) is 0.333. The van der Waals surface area contributed by atoms with Crippen LogP contribution in [-0.4, -0.2) is 43.8 Å². The van der Waals surface area contributed by atoms with Crippen molar-refractivity contribution < 1.29 is 4.74 Å². The number of hydrogen-bond acceptors (Lipinski definition) is 6. The van der Waals surface area contributed by atoms with Gasteiger partial charge in [0.2, 0.25) is 5.95 Å². The predicted molar refractivity (Wildman–Crippen MR) is 108 cm³/mol. The van der Waals surface area contributed by atoms with Crippen molar-refractivity contribution in [2.45, 2.75) is 37.8 Å². The smallest absolute Gasteiger partial charge is 0.241 e. The molecule has 7 nitrogen and oxygen atoms in total. The zero-order chi connectivity index (χ0) is 18.9. The summed E-state index contributed by atoms with van der Waals surface area (Å²) in [5.41, 5.74) is 4.90. The Kier molecular flexibility index (Phi) is 4.37. The van der Waals surface area contributed by atoms with Crippen molar-refractivity contribution in [1.82, 2.24) is 24.6 Å². The van der Waals surface area contributed by atoms with Gasteiger partial charge in [-0.05, 0) is 49.4 Å². The number of benzene rings is 1. The number of methoxy groups -OCH3 is 1. The van der Waals surface area contributed by atoms with Crippen LogP contribution in [0.15, 0.2) is 49.1 Å². The van der Waals surface area contributed by atoms with Crippen molar-refractivity contribution in [3.8, 4) is 11.1 Å². The number of rotatable bonds is 4. The minimum absolute atomic E-state index is 0.389. The van der Waals surface area contributed by atoms with Crippen LogP contribution in [0.3, 0.4) is 0 Å². The van der Waals surface area contributed by atoms with Gasteiger partial charge in [0.25, 0.3) is 0 Å². The fourth-order valence-electron chi connectivity index (χ4n) is 3.97. The van der Waals surface area contributed by atoms with Crippen LogP contribution in [0.1, 0.15) is 25.7 Å². The highest BCUT2D eigenvalue weighted by Crippen LogP contribution is 2.28. The van der Waals surface area contributed by atoms with Gasteiger partial charge in [-0.1, -0.05) is 6.07 Å². The second-order valence-corrected chi connectivity index (χ2v) is 7.25. The number of anilines is 1. The lowest BCUT2D eigenvalue weighted by molar-refractivity contribution is 0.0681. The number of ether oxygens (including phenoxy) is 1. The topological polar surface area (TPSA) is 77.2 Å². The van der Waals surface area contributed by atoms with Gasteiger partial charge in [0, 0.05) is 37.3 Å². The fourth-order valence-corrected chi connectivity index (χ4v) is 3.97. The molecular formula is C21H22N6O. The van der Waals surface area contributed by atoms with Crippen LogP contribution in [0.25, 0.3) is 27.7 Å². The third kappa shape index (κ3) is 3.18. The molecule has 1 N–H and O–H groups in total. The van der Waals surface area contributed by atoms with Crippen molar-refractivity contribution in [1.29, 1.82) is 0 Å². The summed E-state index contributed by atoms with van der Waals surface area (Å²) in [6, 6.07) is 8.58. The van der Waals surface area contributed by atoms with Gasteiger partial charge in [-0.2, -0.15) is 0 Å². The highest BCUT2D eigenvalue weighted by atomic mass is 16.5. The van der Waals surface area contributed by atoms with Gasteiger partial charge in [-0.25, -0.2) is 9.50 Å².